The highest BCUT2D eigenvalue weighted by molar-refractivity contribution is 6.22. The monoisotopic (exact) mass is 498 g/mol. The molecule has 1 amide bonds. The Labute approximate surface area is 211 Å². The van der Waals surface area contributed by atoms with Crippen LogP contribution in [0.2, 0.25) is 0 Å². The average Bonchev–Trinajstić information content (AvgIpc) is 3.43. The summed E-state index contributed by atoms with van der Waals surface area (Å²) in [5.41, 5.74) is 9.75. The number of halogens is 1. The van der Waals surface area contributed by atoms with Crippen molar-refractivity contribution in [3.8, 4) is 17.0 Å². The van der Waals surface area contributed by atoms with Crippen molar-refractivity contribution in [2.45, 2.75) is 25.6 Å². The standard InChI is InChI=1S/C26H23FN8O2/c1-14-5-3-4-6-19(14)35-21(31-18-12-30-33(2)24(18)26(35)37)13-34-25-22(17(28)9-10-29-25)23(32-34)15-7-8-16(27)20(36)11-15/h3-12,18,24,36H,13H2,1-2H3,(H2,28,29). The van der Waals surface area contributed by atoms with Gasteiger partial charge in [-0.05, 0) is 42.8 Å². The van der Waals surface area contributed by atoms with Crippen molar-refractivity contribution in [3.05, 3.63) is 66.1 Å². The van der Waals surface area contributed by atoms with Gasteiger partial charge in [0, 0.05) is 24.5 Å². The van der Waals surface area contributed by atoms with Crippen LogP contribution in [0, 0.1) is 12.7 Å². The van der Waals surface area contributed by atoms with E-state index in [0.717, 1.165) is 11.3 Å². The second-order valence-corrected chi connectivity index (χ2v) is 9.05. The Morgan fingerprint density at radius 1 is 1.16 bits per heavy atom. The van der Waals surface area contributed by atoms with E-state index >= 15 is 0 Å². The molecular weight excluding hydrogens is 475 g/mol. The van der Waals surface area contributed by atoms with Crippen LogP contribution in [0.5, 0.6) is 5.75 Å². The van der Waals surface area contributed by atoms with Gasteiger partial charge in [-0.1, -0.05) is 18.2 Å². The van der Waals surface area contributed by atoms with E-state index in [9.17, 15) is 14.3 Å². The Bertz CT molecular complexity index is 1630. The first-order chi connectivity index (χ1) is 17.8. The van der Waals surface area contributed by atoms with E-state index < -0.39 is 23.7 Å². The van der Waals surface area contributed by atoms with Crippen molar-refractivity contribution in [2.75, 3.05) is 17.7 Å². The summed E-state index contributed by atoms with van der Waals surface area (Å²) in [7, 11) is 1.76. The molecule has 2 aromatic heterocycles. The Balaban J connectivity index is 1.50. The molecule has 0 saturated heterocycles. The third kappa shape index (κ3) is 3.58. The molecule has 0 saturated carbocycles. The predicted molar refractivity (Wildman–Crippen MR) is 139 cm³/mol. The summed E-state index contributed by atoms with van der Waals surface area (Å²) in [6, 6.07) is 12.3. The fourth-order valence-corrected chi connectivity index (χ4v) is 4.86. The predicted octanol–water partition coefficient (Wildman–Crippen LogP) is 2.95. The molecule has 37 heavy (non-hydrogen) atoms. The van der Waals surface area contributed by atoms with Crippen LogP contribution in [0.3, 0.4) is 0 Å². The molecule has 2 unspecified atom stereocenters. The molecule has 0 fully saturated rings. The number of aryl methyl sites for hydroxylation is 1. The number of hydrogen-bond donors (Lipinski definition) is 2. The molecule has 11 heteroatoms. The Morgan fingerprint density at radius 3 is 2.76 bits per heavy atom. The molecule has 186 valence electrons. The van der Waals surface area contributed by atoms with Crippen LogP contribution in [-0.2, 0) is 11.3 Å². The Kier molecular flexibility index (Phi) is 5.14. The molecule has 0 aliphatic carbocycles. The molecule has 2 aliphatic heterocycles. The normalized spacial score (nSPS) is 19.0. The summed E-state index contributed by atoms with van der Waals surface area (Å²) < 4.78 is 15.4. The van der Waals surface area contributed by atoms with Crippen LogP contribution in [0.4, 0.5) is 15.8 Å². The molecular formula is C26H23FN8O2. The molecule has 2 aliphatic rings. The number of hydrazone groups is 1. The van der Waals surface area contributed by atoms with E-state index in [1.165, 1.54) is 18.2 Å². The van der Waals surface area contributed by atoms with Gasteiger partial charge in [0.2, 0.25) is 0 Å². The van der Waals surface area contributed by atoms with Gasteiger partial charge in [0.15, 0.2) is 23.3 Å². The smallest absolute Gasteiger partial charge is 0.259 e. The lowest BCUT2D eigenvalue weighted by atomic mass is 10.0. The lowest BCUT2D eigenvalue weighted by molar-refractivity contribution is -0.122. The second-order valence-electron chi connectivity index (χ2n) is 9.05. The summed E-state index contributed by atoms with van der Waals surface area (Å²) >= 11 is 0. The molecule has 4 heterocycles. The molecule has 2 aromatic carbocycles. The largest absolute Gasteiger partial charge is 0.505 e. The maximum Gasteiger partial charge on any atom is 0.259 e. The molecule has 10 nitrogen and oxygen atoms in total. The number of aromatic hydroxyl groups is 1. The summed E-state index contributed by atoms with van der Waals surface area (Å²) in [6.45, 7) is 2.05. The van der Waals surface area contributed by atoms with Gasteiger partial charge in [0.05, 0.1) is 17.3 Å². The molecule has 2 atom stereocenters. The van der Waals surface area contributed by atoms with Crippen molar-refractivity contribution in [3.63, 3.8) is 0 Å². The third-order valence-corrected chi connectivity index (χ3v) is 6.69. The maximum atomic E-state index is 13.8. The van der Waals surface area contributed by atoms with Crippen molar-refractivity contribution in [2.24, 2.45) is 10.1 Å². The molecule has 6 rings (SSSR count). The topological polar surface area (TPSA) is 125 Å². The number of carbonyl (C=O) groups excluding carboxylic acids is 1. The second kappa shape index (κ2) is 8.40. The van der Waals surface area contributed by atoms with E-state index in [1.54, 1.807) is 40.1 Å². The Morgan fingerprint density at radius 2 is 1.97 bits per heavy atom. The number of carbonyl (C=O) groups is 1. The van der Waals surface area contributed by atoms with Gasteiger partial charge in [-0.3, -0.25) is 19.7 Å². The van der Waals surface area contributed by atoms with E-state index in [1.807, 2.05) is 31.2 Å². The van der Waals surface area contributed by atoms with Gasteiger partial charge in [0.25, 0.3) is 5.91 Å². The molecule has 0 radical (unpaired) electrons. The van der Waals surface area contributed by atoms with Crippen LogP contribution < -0.4 is 10.6 Å². The van der Waals surface area contributed by atoms with Crippen LogP contribution in [0.15, 0.2) is 64.8 Å². The van der Waals surface area contributed by atoms with Crippen LogP contribution >= 0.6 is 0 Å². The molecule has 0 bridgehead atoms. The minimum absolute atomic E-state index is 0.112. The number of para-hydroxylation sites is 1. The first-order valence-corrected chi connectivity index (χ1v) is 11.7. The lowest BCUT2D eigenvalue weighted by Gasteiger charge is -2.35. The van der Waals surface area contributed by atoms with Gasteiger partial charge in [0.1, 0.15) is 24.1 Å². The number of pyridine rings is 1. The van der Waals surface area contributed by atoms with Crippen molar-refractivity contribution in [1.82, 2.24) is 19.8 Å². The minimum atomic E-state index is -0.736. The number of amides is 1. The van der Waals surface area contributed by atoms with Gasteiger partial charge in [-0.2, -0.15) is 10.2 Å². The summed E-state index contributed by atoms with van der Waals surface area (Å²) in [4.78, 5) is 24.8. The first-order valence-electron chi connectivity index (χ1n) is 11.7. The first kappa shape index (κ1) is 22.7. The van der Waals surface area contributed by atoms with Gasteiger partial charge < -0.3 is 10.8 Å². The minimum Gasteiger partial charge on any atom is -0.505 e. The number of phenols is 1. The quantitative estimate of drug-likeness (QED) is 0.446. The number of fused-ring (bicyclic) bond motifs is 2. The number of rotatable bonds is 4. The van der Waals surface area contributed by atoms with Gasteiger partial charge >= 0.3 is 0 Å². The van der Waals surface area contributed by atoms with E-state index in [2.05, 4.69) is 10.1 Å². The highest BCUT2D eigenvalue weighted by Gasteiger charge is 2.44. The lowest BCUT2D eigenvalue weighted by Crippen LogP contribution is -2.56. The fourth-order valence-electron chi connectivity index (χ4n) is 4.86. The number of phenolic OH excluding ortho intramolecular Hbond substituents is 1. The number of aliphatic imine (C=N–C) groups is 1. The van der Waals surface area contributed by atoms with E-state index in [4.69, 9.17) is 15.8 Å². The summed E-state index contributed by atoms with van der Waals surface area (Å²) in [5, 5.41) is 21.2. The molecule has 3 N–H and O–H groups in total. The van der Waals surface area contributed by atoms with Crippen molar-refractivity contribution in [1.29, 1.82) is 0 Å². The number of benzene rings is 2. The molecule has 0 spiro atoms. The number of nitrogens with two attached hydrogens (primary N) is 1. The number of hydrogen-bond acceptors (Lipinski definition) is 8. The van der Waals surface area contributed by atoms with Crippen LogP contribution in [0.25, 0.3) is 22.3 Å². The number of likely N-dealkylation sites (N-methyl/N-ethyl adjacent to an activating group) is 1. The SMILES string of the molecule is Cc1ccccc1N1C(=O)C2C(C=NN2C)N=C1Cn1nc(-c2ccc(F)c(O)c2)c2c(N)ccnc21. The summed E-state index contributed by atoms with van der Waals surface area (Å²) in [5.74, 6) is -0.895. The zero-order valence-corrected chi connectivity index (χ0v) is 20.1. The average molecular weight is 499 g/mol. The zero-order valence-electron chi connectivity index (χ0n) is 20.1. The highest BCUT2D eigenvalue weighted by atomic mass is 19.1. The van der Waals surface area contributed by atoms with Gasteiger partial charge in [-0.15, -0.1) is 0 Å². The van der Waals surface area contributed by atoms with Crippen molar-refractivity contribution >= 4 is 40.4 Å². The third-order valence-electron chi connectivity index (χ3n) is 6.69. The maximum absolute atomic E-state index is 13.8. The van der Waals surface area contributed by atoms with Crippen LogP contribution in [-0.4, -0.2) is 62.0 Å². The molecule has 4 aromatic rings. The number of nitrogens with zero attached hydrogens (tertiary/aromatic N) is 7. The Hall–Kier alpha value is -4.80. The van der Waals surface area contributed by atoms with Gasteiger partial charge in [-0.25, -0.2) is 14.1 Å². The van der Waals surface area contributed by atoms with E-state index in [0.29, 0.717) is 33.8 Å². The number of anilines is 2. The van der Waals surface area contributed by atoms with E-state index in [-0.39, 0.29) is 12.5 Å². The zero-order chi connectivity index (χ0) is 25.8. The van der Waals surface area contributed by atoms with Crippen LogP contribution in [0.1, 0.15) is 5.56 Å². The van der Waals surface area contributed by atoms with Crippen molar-refractivity contribution < 1.29 is 14.3 Å². The summed E-state index contributed by atoms with van der Waals surface area (Å²) in [6.07, 6.45) is 3.24. The number of amidine groups is 1. The fraction of sp³-hybridized carbons (Fsp3) is 0.192. The highest BCUT2D eigenvalue weighted by Crippen LogP contribution is 2.34. The number of aromatic nitrogens is 3. The number of nitrogen functional groups attached to an aromatic ring is 1.